The number of anilines is 1. The summed E-state index contributed by atoms with van der Waals surface area (Å²) in [6.45, 7) is 4.17. The Hall–Kier alpha value is -2.82. The Morgan fingerprint density at radius 1 is 1.00 bits per heavy atom. The molecule has 7 nitrogen and oxygen atoms in total. The number of rotatable bonds is 5. The zero-order valence-electron chi connectivity index (χ0n) is 19.0. The normalized spacial score (nSPS) is 14.5. The molecule has 0 radical (unpaired) electrons. The minimum atomic E-state index is -3.68. The first-order valence-corrected chi connectivity index (χ1v) is 14.4. The molecular formula is C25H23BrN4O3S2. The molecule has 0 unspecified atom stereocenters. The van der Waals surface area contributed by atoms with Crippen molar-refractivity contribution in [2.75, 3.05) is 31.1 Å². The third kappa shape index (κ3) is 5.10. The van der Waals surface area contributed by atoms with Crippen LogP contribution in [-0.2, 0) is 15.6 Å². The number of hydrogen-bond donors (Lipinski definition) is 0. The second-order valence-electron chi connectivity index (χ2n) is 8.42. The van der Waals surface area contributed by atoms with Crippen molar-refractivity contribution >= 4 is 58.4 Å². The highest BCUT2D eigenvalue weighted by Crippen LogP contribution is 2.31. The monoisotopic (exact) mass is 570 g/mol. The molecule has 1 aliphatic rings. The van der Waals surface area contributed by atoms with Crippen LogP contribution in [0, 0.1) is 6.92 Å². The molecule has 0 atom stereocenters. The van der Waals surface area contributed by atoms with E-state index in [9.17, 15) is 13.2 Å². The molecule has 1 saturated heterocycles. The van der Waals surface area contributed by atoms with E-state index in [1.807, 2.05) is 12.1 Å². The van der Waals surface area contributed by atoms with Crippen LogP contribution in [0.3, 0.4) is 0 Å². The molecular weight excluding hydrogens is 548 g/mol. The zero-order chi connectivity index (χ0) is 24.6. The van der Waals surface area contributed by atoms with Crippen LogP contribution in [0.2, 0.25) is 0 Å². The summed E-state index contributed by atoms with van der Waals surface area (Å²) in [5.41, 5.74) is 2.50. The average molecular weight is 572 g/mol. The summed E-state index contributed by atoms with van der Waals surface area (Å²) in [4.78, 5) is 26.3. The maximum atomic E-state index is 13.4. The fraction of sp³-hybridized carbons (Fsp3) is 0.240. The van der Waals surface area contributed by atoms with Gasteiger partial charge in [-0.2, -0.15) is 0 Å². The van der Waals surface area contributed by atoms with Gasteiger partial charge in [-0.3, -0.25) is 4.79 Å². The number of fused-ring (bicyclic) bond motifs is 1. The van der Waals surface area contributed by atoms with E-state index in [4.69, 9.17) is 4.98 Å². The van der Waals surface area contributed by atoms with Crippen LogP contribution in [0.15, 0.2) is 70.2 Å². The molecule has 4 aromatic rings. The lowest BCUT2D eigenvalue weighted by Gasteiger charge is -2.34. The average Bonchev–Trinajstić information content (AvgIpc) is 3.27. The van der Waals surface area contributed by atoms with Gasteiger partial charge in [0, 0.05) is 41.9 Å². The summed E-state index contributed by atoms with van der Waals surface area (Å²) in [6, 6.07) is 17.9. The van der Waals surface area contributed by atoms with Crippen molar-refractivity contribution in [3.05, 3.63) is 82.0 Å². The van der Waals surface area contributed by atoms with E-state index in [1.54, 1.807) is 59.6 Å². The molecule has 180 valence electrons. The van der Waals surface area contributed by atoms with Gasteiger partial charge in [0.15, 0.2) is 20.0 Å². The Bertz CT molecular complexity index is 1510. The van der Waals surface area contributed by atoms with Crippen LogP contribution in [0.4, 0.5) is 5.13 Å². The quantitative estimate of drug-likeness (QED) is 0.346. The first-order chi connectivity index (χ1) is 16.8. The van der Waals surface area contributed by atoms with Crippen molar-refractivity contribution < 1.29 is 13.2 Å². The Morgan fingerprint density at radius 3 is 2.54 bits per heavy atom. The summed E-state index contributed by atoms with van der Waals surface area (Å²) < 4.78 is 28.1. The lowest BCUT2D eigenvalue weighted by atomic mass is 10.1. The lowest BCUT2D eigenvalue weighted by molar-refractivity contribution is 0.0746. The number of carbonyl (C=O) groups excluding carboxylic acids is 1. The molecule has 2 aromatic heterocycles. The van der Waals surface area contributed by atoms with Gasteiger partial charge in [0.1, 0.15) is 0 Å². The predicted molar refractivity (Wildman–Crippen MR) is 142 cm³/mol. The standard InChI is InChI=1S/C25H23BrN4O3S2/c1-17-5-4-8-23(27-17)35(32,33)16-18-6-2-3-7-20(18)24(31)29-11-13-30(14-12-29)25-28-21-10-9-19(26)15-22(21)34-25/h2-10,15H,11-14,16H2,1H3. The fourth-order valence-electron chi connectivity index (χ4n) is 4.12. The van der Waals surface area contributed by atoms with E-state index in [0.29, 0.717) is 43.0 Å². The molecule has 5 rings (SSSR count). The number of aryl methyl sites for hydroxylation is 1. The smallest absolute Gasteiger partial charge is 0.254 e. The fourth-order valence-corrected chi connectivity index (χ4v) is 7.06. The number of aromatic nitrogens is 2. The molecule has 2 aromatic carbocycles. The van der Waals surface area contributed by atoms with E-state index in [-0.39, 0.29) is 16.7 Å². The van der Waals surface area contributed by atoms with Crippen LogP contribution >= 0.6 is 27.3 Å². The number of hydrogen-bond acceptors (Lipinski definition) is 7. The third-order valence-corrected chi connectivity index (χ3v) is 9.08. The maximum absolute atomic E-state index is 13.4. The topological polar surface area (TPSA) is 83.5 Å². The van der Waals surface area contributed by atoms with E-state index in [2.05, 4.69) is 31.9 Å². The molecule has 1 amide bonds. The zero-order valence-corrected chi connectivity index (χ0v) is 22.2. The molecule has 0 saturated carbocycles. The number of sulfone groups is 1. The van der Waals surface area contributed by atoms with E-state index >= 15 is 0 Å². The molecule has 1 aliphatic heterocycles. The highest BCUT2D eigenvalue weighted by atomic mass is 79.9. The van der Waals surface area contributed by atoms with Crippen LogP contribution < -0.4 is 4.90 Å². The molecule has 0 aliphatic carbocycles. The molecule has 0 bridgehead atoms. The minimum Gasteiger partial charge on any atom is -0.345 e. The van der Waals surface area contributed by atoms with E-state index in [1.165, 1.54) is 6.07 Å². The summed E-state index contributed by atoms with van der Waals surface area (Å²) in [5.74, 6) is -0.423. The lowest BCUT2D eigenvalue weighted by Crippen LogP contribution is -2.49. The molecule has 3 heterocycles. The number of benzene rings is 2. The van der Waals surface area contributed by atoms with Crippen molar-refractivity contribution in [3.63, 3.8) is 0 Å². The van der Waals surface area contributed by atoms with Crippen molar-refractivity contribution in [1.82, 2.24) is 14.9 Å². The molecule has 0 N–H and O–H groups in total. The van der Waals surface area contributed by atoms with Gasteiger partial charge >= 0.3 is 0 Å². The van der Waals surface area contributed by atoms with Crippen molar-refractivity contribution in [3.8, 4) is 0 Å². The third-order valence-electron chi connectivity index (χ3n) is 5.95. The van der Waals surface area contributed by atoms with Gasteiger partial charge in [-0.15, -0.1) is 0 Å². The molecule has 1 fully saturated rings. The summed E-state index contributed by atoms with van der Waals surface area (Å²) in [5, 5.41) is 0.971. The van der Waals surface area contributed by atoms with Crippen LogP contribution in [0.5, 0.6) is 0 Å². The highest BCUT2D eigenvalue weighted by molar-refractivity contribution is 9.10. The summed E-state index contributed by atoms with van der Waals surface area (Å²) in [6.07, 6.45) is 0. The van der Waals surface area contributed by atoms with Gasteiger partial charge in [0.2, 0.25) is 0 Å². The Kier molecular flexibility index (Phi) is 6.61. The first kappa shape index (κ1) is 23.9. The van der Waals surface area contributed by atoms with Crippen LogP contribution in [0.25, 0.3) is 10.2 Å². The predicted octanol–water partition coefficient (Wildman–Crippen LogP) is 4.70. The van der Waals surface area contributed by atoms with Crippen molar-refractivity contribution in [2.24, 2.45) is 0 Å². The number of amides is 1. The SMILES string of the molecule is Cc1cccc(S(=O)(=O)Cc2ccccc2C(=O)N2CCN(c3nc4ccc(Br)cc4s3)CC2)n1. The van der Waals surface area contributed by atoms with Crippen molar-refractivity contribution in [2.45, 2.75) is 17.7 Å². The number of thiazole rings is 1. The Morgan fingerprint density at radius 2 is 1.77 bits per heavy atom. The summed E-state index contributed by atoms with van der Waals surface area (Å²) in [7, 11) is -3.68. The van der Waals surface area contributed by atoms with Gasteiger partial charge in [-0.1, -0.05) is 51.5 Å². The van der Waals surface area contributed by atoms with Gasteiger partial charge in [0.25, 0.3) is 5.91 Å². The van der Waals surface area contributed by atoms with E-state index in [0.717, 1.165) is 19.8 Å². The van der Waals surface area contributed by atoms with Crippen LogP contribution in [-0.4, -0.2) is 55.4 Å². The number of carbonyl (C=O) groups is 1. The molecule has 10 heteroatoms. The number of halogens is 1. The van der Waals surface area contributed by atoms with Gasteiger partial charge in [-0.05, 0) is 48.9 Å². The molecule has 35 heavy (non-hydrogen) atoms. The summed E-state index contributed by atoms with van der Waals surface area (Å²) >= 11 is 5.14. The maximum Gasteiger partial charge on any atom is 0.254 e. The number of piperazine rings is 1. The Labute approximate surface area is 216 Å². The highest BCUT2D eigenvalue weighted by Gasteiger charge is 2.27. The van der Waals surface area contributed by atoms with Gasteiger partial charge in [0.05, 0.1) is 16.0 Å². The molecule has 0 spiro atoms. The second-order valence-corrected chi connectivity index (χ2v) is 12.3. The minimum absolute atomic E-state index is 0.0243. The van der Waals surface area contributed by atoms with Crippen LogP contribution in [0.1, 0.15) is 21.6 Å². The van der Waals surface area contributed by atoms with Crippen molar-refractivity contribution in [1.29, 1.82) is 0 Å². The second kappa shape index (κ2) is 9.67. The van der Waals surface area contributed by atoms with Gasteiger partial charge in [-0.25, -0.2) is 18.4 Å². The Balaban J connectivity index is 1.31. The largest absolute Gasteiger partial charge is 0.345 e. The number of pyridine rings is 1. The van der Waals surface area contributed by atoms with E-state index < -0.39 is 9.84 Å². The number of nitrogens with zero attached hydrogens (tertiary/aromatic N) is 4. The first-order valence-electron chi connectivity index (χ1n) is 11.1. The van der Waals surface area contributed by atoms with Gasteiger partial charge < -0.3 is 9.80 Å².